The minimum absolute atomic E-state index is 0.342. The van der Waals surface area contributed by atoms with Gasteiger partial charge in [0.1, 0.15) is 0 Å². The van der Waals surface area contributed by atoms with Crippen LogP contribution in [0.25, 0.3) is 0 Å². The predicted octanol–water partition coefficient (Wildman–Crippen LogP) is 5.22. The molecular weight excluding hydrogens is 250 g/mol. The van der Waals surface area contributed by atoms with Gasteiger partial charge in [-0.1, -0.05) is 56.3 Å². The maximum Gasteiger partial charge on any atom is 0.0537 e. The van der Waals surface area contributed by atoms with Crippen molar-refractivity contribution in [2.24, 2.45) is 5.92 Å². The van der Waals surface area contributed by atoms with E-state index in [1.165, 1.54) is 16.1 Å². The predicted molar refractivity (Wildman–Crippen MR) is 85.9 cm³/mol. The first-order valence-electron chi connectivity index (χ1n) is 6.67. The van der Waals surface area contributed by atoms with Crippen LogP contribution in [0.5, 0.6) is 0 Å². The Labute approximate surface area is 120 Å². The average Bonchev–Trinajstić information content (AvgIpc) is 2.45. The molecule has 0 aliphatic heterocycles. The lowest BCUT2D eigenvalue weighted by atomic mass is 9.96. The smallest absolute Gasteiger partial charge is 0.0537 e. The molecule has 0 bridgehead atoms. The lowest BCUT2D eigenvalue weighted by Gasteiger charge is -2.25. The molecule has 0 aliphatic rings. The number of benzene rings is 2. The molecule has 1 unspecified atom stereocenters. The van der Waals surface area contributed by atoms with Crippen molar-refractivity contribution in [2.75, 3.05) is 11.6 Å². The van der Waals surface area contributed by atoms with E-state index in [0.717, 1.165) is 0 Å². The zero-order valence-corrected chi connectivity index (χ0v) is 12.6. The highest BCUT2D eigenvalue weighted by molar-refractivity contribution is 7.98. The van der Waals surface area contributed by atoms with Gasteiger partial charge in [-0.2, -0.15) is 0 Å². The van der Waals surface area contributed by atoms with Crippen molar-refractivity contribution in [1.82, 2.24) is 0 Å². The molecule has 2 aromatic carbocycles. The number of hydrogen-bond acceptors (Lipinski definition) is 2. The second kappa shape index (κ2) is 6.67. The number of rotatable bonds is 5. The molecule has 0 amide bonds. The third-order valence-corrected chi connectivity index (χ3v) is 4.04. The van der Waals surface area contributed by atoms with Gasteiger partial charge in [0.2, 0.25) is 0 Å². The molecule has 0 fully saturated rings. The maximum absolute atomic E-state index is 3.69. The SMILES string of the molecule is CSc1ccccc1NC(c1ccccc1)C(C)C. The number of hydrogen-bond donors (Lipinski definition) is 1. The van der Waals surface area contributed by atoms with E-state index in [2.05, 4.69) is 80.0 Å². The van der Waals surface area contributed by atoms with Gasteiger partial charge >= 0.3 is 0 Å². The zero-order valence-electron chi connectivity index (χ0n) is 11.8. The van der Waals surface area contributed by atoms with E-state index >= 15 is 0 Å². The second-order valence-corrected chi connectivity index (χ2v) is 5.83. The number of anilines is 1. The summed E-state index contributed by atoms with van der Waals surface area (Å²) in [6, 6.07) is 19.5. The molecule has 1 atom stereocenters. The van der Waals surface area contributed by atoms with Crippen LogP contribution >= 0.6 is 11.8 Å². The highest BCUT2D eigenvalue weighted by Crippen LogP contribution is 2.31. The van der Waals surface area contributed by atoms with Gasteiger partial charge in [0.25, 0.3) is 0 Å². The van der Waals surface area contributed by atoms with E-state index in [4.69, 9.17) is 0 Å². The Kier molecular flexibility index (Phi) is 4.92. The molecular formula is C17H21NS. The van der Waals surface area contributed by atoms with Crippen molar-refractivity contribution in [1.29, 1.82) is 0 Å². The van der Waals surface area contributed by atoms with Gasteiger partial charge in [-0.05, 0) is 29.9 Å². The summed E-state index contributed by atoms with van der Waals surface area (Å²) in [6.45, 7) is 4.51. The van der Waals surface area contributed by atoms with E-state index < -0.39 is 0 Å². The topological polar surface area (TPSA) is 12.0 Å². The normalized spacial score (nSPS) is 12.4. The minimum Gasteiger partial charge on any atom is -0.377 e. The van der Waals surface area contributed by atoms with E-state index in [9.17, 15) is 0 Å². The van der Waals surface area contributed by atoms with Crippen molar-refractivity contribution in [3.05, 3.63) is 60.2 Å². The third kappa shape index (κ3) is 3.54. The van der Waals surface area contributed by atoms with Crippen molar-refractivity contribution < 1.29 is 0 Å². The first kappa shape index (κ1) is 14.0. The lowest BCUT2D eigenvalue weighted by Crippen LogP contribution is -2.17. The fourth-order valence-corrected chi connectivity index (χ4v) is 2.79. The van der Waals surface area contributed by atoms with E-state index in [1.54, 1.807) is 11.8 Å². The number of thioether (sulfide) groups is 1. The summed E-state index contributed by atoms with van der Waals surface area (Å²) in [5, 5.41) is 3.69. The van der Waals surface area contributed by atoms with Gasteiger partial charge in [0.15, 0.2) is 0 Å². The van der Waals surface area contributed by atoms with Crippen molar-refractivity contribution >= 4 is 17.4 Å². The second-order valence-electron chi connectivity index (χ2n) is 4.98. The van der Waals surface area contributed by atoms with Gasteiger partial charge < -0.3 is 5.32 Å². The first-order valence-corrected chi connectivity index (χ1v) is 7.89. The Morgan fingerprint density at radius 3 is 2.16 bits per heavy atom. The van der Waals surface area contributed by atoms with Crippen LogP contribution in [0.3, 0.4) is 0 Å². The van der Waals surface area contributed by atoms with Crippen LogP contribution in [0, 0.1) is 5.92 Å². The molecule has 0 aliphatic carbocycles. The van der Waals surface area contributed by atoms with Crippen LogP contribution in [0.15, 0.2) is 59.5 Å². The van der Waals surface area contributed by atoms with E-state index in [0.29, 0.717) is 12.0 Å². The Balaban J connectivity index is 2.27. The molecule has 0 spiro atoms. The fraction of sp³-hybridized carbons (Fsp3) is 0.294. The number of para-hydroxylation sites is 1. The average molecular weight is 271 g/mol. The third-order valence-electron chi connectivity index (χ3n) is 3.24. The standard InChI is InChI=1S/C17H21NS/c1-13(2)17(14-9-5-4-6-10-14)18-15-11-7-8-12-16(15)19-3/h4-13,17-18H,1-3H3. The maximum atomic E-state index is 3.69. The zero-order chi connectivity index (χ0) is 13.7. The summed E-state index contributed by atoms with van der Waals surface area (Å²) in [5.41, 5.74) is 2.56. The van der Waals surface area contributed by atoms with Gasteiger partial charge in [-0.15, -0.1) is 11.8 Å². The molecule has 2 rings (SSSR count). The van der Waals surface area contributed by atoms with E-state index in [-0.39, 0.29) is 0 Å². The van der Waals surface area contributed by atoms with Crippen molar-refractivity contribution in [3.63, 3.8) is 0 Å². The molecule has 2 aromatic rings. The summed E-state index contributed by atoms with van der Waals surface area (Å²) >= 11 is 1.78. The Bertz CT molecular complexity index is 508. The Morgan fingerprint density at radius 1 is 0.895 bits per heavy atom. The van der Waals surface area contributed by atoms with Gasteiger partial charge in [0.05, 0.1) is 6.04 Å². The minimum atomic E-state index is 0.342. The van der Waals surface area contributed by atoms with Gasteiger partial charge in [0, 0.05) is 10.6 Å². The molecule has 100 valence electrons. The van der Waals surface area contributed by atoms with Crippen molar-refractivity contribution in [2.45, 2.75) is 24.8 Å². The molecule has 1 N–H and O–H groups in total. The summed E-state index contributed by atoms with van der Waals surface area (Å²) < 4.78 is 0. The molecule has 1 nitrogen and oxygen atoms in total. The quantitative estimate of drug-likeness (QED) is 0.748. The largest absolute Gasteiger partial charge is 0.377 e. The summed E-state index contributed by atoms with van der Waals surface area (Å²) in [4.78, 5) is 1.30. The Hall–Kier alpha value is -1.41. The van der Waals surface area contributed by atoms with Crippen LogP contribution in [0.4, 0.5) is 5.69 Å². The Morgan fingerprint density at radius 2 is 1.53 bits per heavy atom. The highest BCUT2D eigenvalue weighted by Gasteiger charge is 2.16. The summed E-state index contributed by atoms with van der Waals surface area (Å²) in [6.07, 6.45) is 2.12. The summed E-state index contributed by atoms with van der Waals surface area (Å²) in [7, 11) is 0. The van der Waals surface area contributed by atoms with Crippen LogP contribution in [-0.2, 0) is 0 Å². The molecule has 0 heterocycles. The molecule has 0 radical (unpaired) electrons. The van der Waals surface area contributed by atoms with Crippen LogP contribution < -0.4 is 5.32 Å². The first-order chi connectivity index (χ1) is 9.22. The van der Waals surface area contributed by atoms with Crippen molar-refractivity contribution in [3.8, 4) is 0 Å². The summed E-state index contributed by atoms with van der Waals surface area (Å²) in [5.74, 6) is 0.539. The van der Waals surface area contributed by atoms with E-state index in [1.807, 2.05) is 0 Å². The highest BCUT2D eigenvalue weighted by atomic mass is 32.2. The molecule has 2 heteroatoms. The molecule has 19 heavy (non-hydrogen) atoms. The molecule has 0 saturated heterocycles. The van der Waals surface area contributed by atoms with Crippen LogP contribution in [-0.4, -0.2) is 6.26 Å². The molecule has 0 saturated carbocycles. The fourth-order valence-electron chi connectivity index (χ4n) is 2.23. The van der Waals surface area contributed by atoms with Crippen LogP contribution in [0.1, 0.15) is 25.5 Å². The van der Waals surface area contributed by atoms with Gasteiger partial charge in [-0.25, -0.2) is 0 Å². The van der Waals surface area contributed by atoms with Crippen LogP contribution in [0.2, 0.25) is 0 Å². The lowest BCUT2D eigenvalue weighted by molar-refractivity contribution is 0.545. The number of nitrogens with one attached hydrogen (secondary N) is 1. The van der Waals surface area contributed by atoms with Gasteiger partial charge in [-0.3, -0.25) is 0 Å². The molecule has 0 aromatic heterocycles. The monoisotopic (exact) mass is 271 g/mol.